The molecular weight excluding hydrogens is 190 g/mol. The van der Waals surface area contributed by atoms with Gasteiger partial charge >= 0.3 is 0 Å². The van der Waals surface area contributed by atoms with Gasteiger partial charge in [0.2, 0.25) is 5.91 Å². The van der Waals surface area contributed by atoms with Gasteiger partial charge in [-0.1, -0.05) is 13.8 Å². The summed E-state index contributed by atoms with van der Waals surface area (Å²) < 4.78 is 0. The lowest BCUT2D eigenvalue weighted by Gasteiger charge is -2.21. The van der Waals surface area contributed by atoms with Crippen molar-refractivity contribution in [2.45, 2.75) is 32.7 Å². The maximum atomic E-state index is 11.7. The molecule has 1 unspecified atom stereocenters. The van der Waals surface area contributed by atoms with Crippen LogP contribution in [0.25, 0.3) is 0 Å². The number of nitrogens with one attached hydrogen (secondary N) is 1. The summed E-state index contributed by atoms with van der Waals surface area (Å²) in [7, 11) is 0. The van der Waals surface area contributed by atoms with Gasteiger partial charge in [0.15, 0.2) is 0 Å². The maximum Gasteiger partial charge on any atom is 0.234 e. The summed E-state index contributed by atoms with van der Waals surface area (Å²) in [6.07, 6.45) is 2.43. The highest BCUT2D eigenvalue weighted by atomic mass is 16.2. The first-order valence-electron chi connectivity index (χ1n) is 5.93. The first kappa shape index (κ1) is 12.5. The Bertz CT molecular complexity index is 200. The van der Waals surface area contributed by atoms with E-state index in [2.05, 4.69) is 24.1 Å². The van der Waals surface area contributed by atoms with Crippen molar-refractivity contribution in [3.05, 3.63) is 0 Å². The van der Waals surface area contributed by atoms with Crippen LogP contribution in [0, 0.1) is 5.92 Å². The largest absolute Gasteiger partial charge is 0.351 e. The molecule has 0 bridgehead atoms. The number of nitrogens with zero attached hydrogens (tertiary/aromatic N) is 1. The highest BCUT2D eigenvalue weighted by Gasteiger charge is 2.31. The van der Waals surface area contributed by atoms with Crippen LogP contribution in [0.5, 0.6) is 0 Å². The number of likely N-dealkylation sites (N-methyl/N-ethyl adjacent to an activating group) is 1. The summed E-state index contributed by atoms with van der Waals surface area (Å²) in [5.74, 6) is 0.747. The van der Waals surface area contributed by atoms with Crippen LogP contribution in [0.3, 0.4) is 0 Å². The van der Waals surface area contributed by atoms with E-state index in [1.54, 1.807) is 0 Å². The summed E-state index contributed by atoms with van der Waals surface area (Å²) in [6.45, 7) is 7.03. The standard InChI is InChI=1S/C11H23N3O/c1-3-14(4-2)8-11(15)13-10(7-12)9-5-6-9/h9-10H,3-8,12H2,1-2H3,(H,13,15). The molecule has 0 saturated heterocycles. The van der Waals surface area contributed by atoms with Crippen LogP contribution in [0.2, 0.25) is 0 Å². The van der Waals surface area contributed by atoms with Gasteiger partial charge in [0, 0.05) is 12.6 Å². The van der Waals surface area contributed by atoms with Crippen molar-refractivity contribution in [1.82, 2.24) is 10.2 Å². The molecule has 0 heterocycles. The molecule has 1 amide bonds. The van der Waals surface area contributed by atoms with E-state index < -0.39 is 0 Å². The molecule has 1 fully saturated rings. The van der Waals surface area contributed by atoms with Gasteiger partial charge in [-0.25, -0.2) is 0 Å². The molecule has 1 aliphatic carbocycles. The molecule has 1 rings (SSSR count). The number of hydrogen-bond donors (Lipinski definition) is 2. The van der Waals surface area contributed by atoms with Crippen molar-refractivity contribution in [1.29, 1.82) is 0 Å². The monoisotopic (exact) mass is 213 g/mol. The van der Waals surface area contributed by atoms with E-state index in [9.17, 15) is 4.79 Å². The lowest BCUT2D eigenvalue weighted by Crippen LogP contribution is -2.46. The van der Waals surface area contributed by atoms with Crippen molar-refractivity contribution >= 4 is 5.91 Å². The summed E-state index contributed by atoms with van der Waals surface area (Å²) in [5.41, 5.74) is 5.63. The van der Waals surface area contributed by atoms with E-state index in [4.69, 9.17) is 5.73 Å². The van der Waals surface area contributed by atoms with Gasteiger partial charge in [0.05, 0.1) is 6.54 Å². The second-order valence-corrected chi connectivity index (χ2v) is 4.21. The average molecular weight is 213 g/mol. The highest BCUT2D eigenvalue weighted by molar-refractivity contribution is 5.78. The van der Waals surface area contributed by atoms with Gasteiger partial charge in [-0.05, 0) is 31.8 Å². The van der Waals surface area contributed by atoms with Crippen LogP contribution in [-0.2, 0) is 4.79 Å². The third-order valence-electron chi connectivity index (χ3n) is 3.05. The zero-order chi connectivity index (χ0) is 11.3. The molecule has 0 aliphatic heterocycles. The topological polar surface area (TPSA) is 58.4 Å². The Morgan fingerprint density at radius 3 is 2.47 bits per heavy atom. The first-order chi connectivity index (χ1) is 7.21. The SMILES string of the molecule is CCN(CC)CC(=O)NC(CN)C1CC1. The van der Waals surface area contributed by atoms with E-state index in [0.717, 1.165) is 13.1 Å². The minimum absolute atomic E-state index is 0.112. The fourth-order valence-corrected chi connectivity index (χ4v) is 1.77. The van der Waals surface area contributed by atoms with Crippen molar-refractivity contribution in [3.63, 3.8) is 0 Å². The van der Waals surface area contributed by atoms with Crippen LogP contribution < -0.4 is 11.1 Å². The highest BCUT2D eigenvalue weighted by Crippen LogP contribution is 2.32. The Kier molecular flexibility index (Phi) is 5.05. The molecule has 1 aliphatic rings. The van der Waals surface area contributed by atoms with Gasteiger partial charge in [0.25, 0.3) is 0 Å². The van der Waals surface area contributed by atoms with Crippen molar-refractivity contribution in [3.8, 4) is 0 Å². The minimum atomic E-state index is 0.112. The fourth-order valence-electron chi connectivity index (χ4n) is 1.77. The van der Waals surface area contributed by atoms with Gasteiger partial charge in [0.1, 0.15) is 0 Å². The molecule has 1 atom stereocenters. The summed E-state index contributed by atoms with van der Waals surface area (Å²) in [6, 6.07) is 0.202. The number of amides is 1. The van der Waals surface area contributed by atoms with E-state index in [1.165, 1.54) is 12.8 Å². The lowest BCUT2D eigenvalue weighted by atomic mass is 10.2. The number of rotatable bonds is 7. The predicted molar refractivity (Wildman–Crippen MR) is 61.5 cm³/mol. The number of hydrogen-bond acceptors (Lipinski definition) is 3. The Hall–Kier alpha value is -0.610. The molecule has 0 aromatic carbocycles. The average Bonchev–Trinajstić information content (AvgIpc) is 3.06. The van der Waals surface area contributed by atoms with E-state index in [1.807, 2.05) is 0 Å². The third-order valence-corrected chi connectivity index (χ3v) is 3.05. The van der Waals surface area contributed by atoms with Crippen molar-refractivity contribution < 1.29 is 4.79 Å². The van der Waals surface area contributed by atoms with Crippen molar-refractivity contribution in [2.24, 2.45) is 11.7 Å². The first-order valence-corrected chi connectivity index (χ1v) is 5.93. The molecule has 88 valence electrons. The number of nitrogens with two attached hydrogens (primary N) is 1. The molecule has 15 heavy (non-hydrogen) atoms. The molecule has 0 aromatic rings. The quantitative estimate of drug-likeness (QED) is 0.634. The third kappa shape index (κ3) is 4.18. The minimum Gasteiger partial charge on any atom is -0.351 e. The van der Waals surface area contributed by atoms with Gasteiger partial charge in [-0.3, -0.25) is 9.69 Å². The van der Waals surface area contributed by atoms with Crippen LogP contribution in [0.4, 0.5) is 0 Å². The zero-order valence-corrected chi connectivity index (χ0v) is 9.83. The Morgan fingerprint density at radius 1 is 1.47 bits per heavy atom. The van der Waals surface area contributed by atoms with E-state index in [0.29, 0.717) is 19.0 Å². The smallest absolute Gasteiger partial charge is 0.234 e. The predicted octanol–water partition coefficient (Wildman–Crippen LogP) is 0.182. The second-order valence-electron chi connectivity index (χ2n) is 4.21. The van der Waals surface area contributed by atoms with Gasteiger partial charge in [-0.2, -0.15) is 0 Å². The molecule has 0 spiro atoms. The number of carbonyl (C=O) groups is 1. The molecule has 4 heteroatoms. The maximum absolute atomic E-state index is 11.7. The van der Waals surface area contributed by atoms with Crippen LogP contribution in [0.15, 0.2) is 0 Å². The summed E-state index contributed by atoms with van der Waals surface area (Å²) >= 11 is 0. The van der Waals surface area contributed by atoms with Crippen LogP contribution in [0.1, 0.15) is 26.7 Å². The summed E-state index contributed by atoms with van der Waals surface area (Å²) in [5, 5.41) is 3.02. The molecule has 3 N–H and O–H groups in total. The Balaban J connectivity index is 2.26. The van der Waals surface area contributed by atoms with Gasteiger partial charge < -0.3 is 11.1 Å². The molecule has 1 saturated carbocycles. The molecule has 0 aromatic heterocycles. The van der Waals surface area contributed by atoms with Gasteiger partial charge in [-0.15, -0.1) is 0 Å². The number of carbonyl (C=O) groups excluding carboxylic acids is 1. The lowest BCUT2D eigenvalue weighted by molar-refractivity contribution is -0.123. The molecule has 4 nitrogen and oxygen atoms in total. The van der Waals surface area contributed by atoms with E-state index in [-0.39, 0.29) is 11.9 Å². The molecule has 0 radical (unpaired) electrons. The van der Waals surface area contributed by atoms with Crippen LogP contribution in [-0.4, -0.2) is 43.0 Å². The molecular formula is C11H23N3O. The van der Waals surface area contributed by atoms with Crippen molar-refractivity contribution in [2.75, 3.05) is 26.2 Å². The summed E-state index contributed by atoms with van der Waals surface area (Å²) in [4.78, 5) is 13.8. The van der Waals surface area contributed by atoms with Crippen LogP contribution >= 0.6 is 0 Å². The zero-order valence-electron chi connectivity index (χ0n) is 9.83. The van der Waals surface area contributed by atoms with E-state index >= 15 is 0 Å². The second kappa shape index (κ2) is 6.08. The Labute approximate surface area is 92.2 Å². The fraction of sp³-hybridized carbons (Fsp3) is 0.909. The Morgan fingerprint density at radius 2 is 2.07 bits per heavy atom. The normalized spacial score (nSPS) is 17.9.